The van der Waals surface area contributed by atoms with Gasteiger partial charge in [-0.05, 0) is 67.6 Å². The molecule has 0 spiro atoms. The Balaban J connectivity index is 1.51. The van der Waals surface area contributed by atoms with Crippen LogP contribution < -0.4 is 15.0 Å². The van der Waals surface area contributed by atoms with Crippen molar-refractivity contribution < 1.29 is 23.2 Å². The topological polar surface area (TPSA) is 116 Å². The third-order valence-electron chi connectivity index (χ3n) is 5.74. The van der Waals surface area contributed by atoms with E-state index in [9.17, 15) is 9.59 Å². The smallest absolute Gasteiger partial charge is 0.251 e. The summed E-state index contributed by atoms with van der Waals surface area (Å²) in [6.45, 7) is 2.41. The maximum atomic E-state index is 13.9. The van der Waals surface area contributed by atoms with E-state index in [0.29, 0.717) is 40.6 Å². The number of nitrogens with one attached hydrogen (secondary N) is 1. The maximum absolute atomic E-state index is 13.9. The molecule has 10 nitrogen and oxygen atoms in total. The van der Waals surface area contributed by atoms with Gasteiger partial charge in [-0.25, -0.2) is 4.68 Å². The zero-order valence-corrected chi connectivity index (χ0v) is 20.1. The van der Waals surface area contributed by atoms with Crippen molar-refractivity contribution in [1.82, 2.24) is 20.3 Å². The fourth-order valence-corrected chi connectivity index (χ4v) is 4.05. The number of benzene rings is 2. The summed E-state index contributed by atoms with van der Waals surface area (Å²) in [6, 6.07) is 20.1. The molecule has 2 aromatic carbocycles. The summed E-state index contributed by atoms with van der Waals surface area (Å²) >= 11 is 0. The minimum Gasteiger partial charge on any atom is -0.494 e. The molecule has 1 N–H and O–H groups in total. The highest BCUT2D eigenvalue weighted by atomic mass is 16.5. The number of amides is 2. The second-order valence-electron chi connectivity index (χ2n) is 8.14. The van der Waals surface area contributed by atoms with Gasteiger partial charge in [0.15, 0.2) is 6.04 Å². The first kappa shape index (κ1) is 23.9. The maximum Gasteiger partial charge on any atom is 0.251 e. The number of hydrogen-bond donors (Lipinski definition) is 1. The normalized spacial score (nSPS) is 11.8. The zero-order chi connectivity index (χ0) is 25.6. The summed E-state index contributed by atoms with van der Waals surface area (Å²) < 4.78 is 18.1. The fraction of sp³-hybridized carbons (Fsp3) is 0.185. The fourth-order valence-electron chi connectivity index (χ4n) is 4.05. The van der Waals surface area contributed by atoms with Crippen molar-refractivity contribution in [3.05, 3.63) is 96.8 Å². The predicted octanol–water partition coefficient (Wildman–Crippen LogP) is 4.11. The van der Waals surface area contributed by atoms with Crippen LogP contribution in [0.2, 0.25) is 0 Å². The molecule has 3 aromatic heterocycles. The van der Waals surface area contributed by atoms with E-state index in [2.05, 4.69) is 15.6 Å². The number of hydrogen-bond acceptors (Lipinski definition) is 7. The Hall–Kier alpha value is -4.86. The van der Waals surface area contributed by atoms with Crippen LogP contribution in [0.5, 0.6) is 5.75 Å². The first-order valence-electron chi connectivity index (χ1n) is 11.8. The number of anilines is 1. The summed E-state index contributed by atoms with van der Waals surface area (Å²) in [5, 5.41) is 11.1. The number of aromatic nitrogens is 3. The Morgan fingerprint density at radius 1 is 1.00 bits per heavy atom. The molecule has 0 saturated heterocycles. The van der Waals surface area contributed by atoms with Crippen molar-refractivity contribution in [2.45, 2.75) is 26.1 Å². The van der Waals surface area contributed by atoms with Crippen LogP contribution >= 0.6 is 0 Å². The Kier molecular flexibility index (Phi) is 6.98. The predicted molar refractivity (Wildman–Crippen MR) is 135 cm³/mol. The number of rotatable bonds is 10. The molecule has 37 heavy (non-hydrogen) atoms. The van der Waals surface area contributed by atoms with E-state index in [1.165, 1.54) is 22.1 Å². The van der Waals surface area contributed by atoms with Crippen LogP contribution in [0, 0.1) is 0 Å². The van der Waals surface area contributed by atoms with Crippen LogP contribution in [0.4, 0.5) is 5.69 Å². The van der Waals surface area contributed by atoms with Crippen molar-refractivity contribution in [2.75, 3.05) is 11.5 Å². The van der Waals surface area contributed by atoms with Crippen LogP contribution in [0.25, 0.3) is 11.0 Å². The third-order valence-corrected chi connectivity index (χ3v) is 5.74. The largest absolute Gasteiger partial charge is 0.494 e. The van der Waals surface area contributed by atoms with Gasteiger partial charge in [-0.3, -0.25) is 14.5 Å². The van der Waals surface area contributed by atoms with E-state index in [4.69, 9.17) is 13.6 Å². The monoisotopic (exact) mass is 499 g/mol. The molecule has 10 heteroatoms. The average molecular weight is 500 g/mol. The van der Waals surface area contributed by atoms with E-state index in [0.717, 1.165) is 0 Å². The van der Waals surface area contributed by atoms with Gasteiger partial charge in [0.1, 0.15) is 29.3 Å². The highest BCUT2D eigenvalue weighted by Gasteiger charge is 2.35. The number of fused-ring (bicyclic) bond motifs is 1. The average Bonchev–Trinajstić information content (AvgIpc) is 3.70. The van der Waals surface area contributed by atoms with Crippen LogP contribution in [0.3, 0.4) is 0 Å². The molecule has 0 saturated carbocycles. The van der Waals surface area contributed by atoms with Crippen molar-refractivity contribution >= 4 is 28.5 Å². The molecule has 3 heterocycles. The quantitative estimate of drug-likeness (QED) is 0.307. The van der Waals surface area contributed by atoms with E-state index >= 15 is 0 Å². The molecule has 2 amide bonds. The van der Waals surface area contributed by atoms with Gasteiger partial charge in [0.25, 0.3) is 5.91 Å². The van der Waals surface area contributed by atoms with Crippen molar-refractivity contribution in [3.63, 3.8) is 0 Å². The SMILES string of the molecule is CCOc1ccc(N(C(=O)Cn2nnc3ccccc32)[C@H](C(=O)NCc2ccco2)c2ccco2)cc1. The van der Waals surface area contributed by atoms with Crippen molar-refractivity contribution in [1.29, 1.82) is 0 Å². The Morgan fingerprint density at radius 2 is 1.78 bits per heavy atom. The zero-order valence-electron chi connectivity index (χ0n) is 20.1. The van der Waals surface area contributed by atoms with Crippen LogP contribution in [-0.2, 0) is 22.7 Å². The molecule has 0 unspecified atom stereocenters. The summed E-state index contributed by atoms with van der Waals surface area (Å²) in [6.07, 6.45) is 3.00. The number of carbonyl (C=O) groups is 2. The van der Waals surface area contributed by atoms with Gasteiger partial charge in [0, 0.05) is 5.69 Å². The summed E-state index contributed by atoms with van der Waals surface area (Å²) in [5.41, 5.74) is 1.87. The molecule has 0 fully saturated rings. The van der Waals surface area contributed by atoms with Gasteiger partial charge < -0.3 is 18.9 Å². The molecular weight excluding hydrogens is 474 g/mol. The molecule has 188 valence electrons. The third kappa shape index (κ3) is 5.22. The number of furan rings is 2. The number of nitrogens with zero attached hydrogens (tertiary/aromatic N) is 4. The number of para-hydroxylation sites is 1. The van der Waals surface area contributed by atoms with Crippen LogP contribution in [-0.4, -0.2) is 33.4 Å². The van der Waals surface area contributed by atoms with Crippen LogP contribution in [0.15, 0.2) is 94.2 Å². The molecule has 5 aromatic rings. The lowest BCUT2D eigenvalue weighted by atomic mass is 10.1. The van der Waals surface area contributed by atoms with Crippen molar-refractivity contribution in [2.24, 2.45) is 0 Å². The first-order chi connectivity index (χ1) is 18.1. The van der Waals surface area contributed by atoms with E-state index in [1.54, 1.807) is 48.5 Å². The van der Waals surface area contributed by atoms with Gasteiger partial charge in [-0.1, -0.05) is 17.3 Å². The van der Waals surface area contributed by atoms with E-state index < -0.39 is 11.9 Å². The molecule has 5 rings (SSSR count). The van der Waals surface area contributed by atoms with Crippen molar-refractivity contribution in [3.8, 4) is 5.75 Å². The minimum absolute atomic E-state index is 0.142. The highest BCUT2D eigenvalue weighted by Crippen LogP contribution is 2.30. The summed E-state index contributed by atoms with van der Waals surface area (Å²) in [4.78, 5) is 28.9. The number of ether oxygens (including phenoxy) is 1. The highest BCUT2D eigenvalue weighted by molar-refractivity contribution is 6.01. The van der Waals surface area contributed by atoms with E-state index in [1.807, 2.05) is 31.2 Å². The van der Waals surface area contributed by atoms with E-state index in [-0.39, 0.29) is 19.0 Å². The molecular formula is C27H25N5O5. The standard InChI is InChI=1S/C27H25N5O5/c1-2-35-20-13-11-19(12-14-20)32(25(33)18-31-23-9-4-3-8-22(23)29-30-31)26(24-10-6-16-37-24)27(34)28-17-21-7-5-15-36-21/h3-16,26H,2,17-18H2,1H3,(H,28,34)/t26-/m0/s1. The second kappa shape index (κ2) is 10.8. The summed E-state index contributed by atoms with van der Waals surface area (Å²) in [7, 11) is 0. The first-order valence-corrected chi connectivity index (χ1v) is 11.8. The Bertz CT molecular complexity index is 1460. The lowest BCUT2D eigenvalue weighted by Gasteiger charge is -2.30. The minimum atomic E-state index is -1.09. The Labute approximate surface area is 212 Å². The van der Waals surface area contributed by atoms with Gasteiger partial charge in [0.2, 0.25) is 5.91 Å². The summed E-state index contributed by atoms with van der Waals surface area (Å²) in [5.74, 6) is 0.728. The molecule has 0 aliphatic carbocycles. The number of carbonyl (C=O) groups excluding carboxylic acids is 2. The molecule has 0 aliphatic rings. The van der Waals surface area contributed by atoms with Gasteiger partial charge >= 0.3 is 0 Å². The Morgan fingerprint density at radius 3 is 2.51 bits per heavy atom. The lowest BCUT2D eigenvalue weighted by molar-refractivity contribution is -0.127. The van der Waals surface area contributed by atoms with Gasteiger partial charge in [0.05, 0.1) is 31.2 Å². The van der Waals surface area contributed by atoms with Gasteiger partial charge in [-0.15, -0.1) is 5.10 Å². The molecule has 1 atom stereocenters. The lowest BCUT2D eigenvalue weighted by Crippen LogP contribution is -2.45. The van der Waals surface area contributed by atoms with Crippen LogP contribution in [0.1, 0.15) is 24.5 Å². The second-order valence-corrected chi connectivity index (χ2v) is 8.14. The molecule has 0 aliphatic heterocycles. The molecule has 0 radical (unpaired) electrons. The van der Waals surface area contributed by atoms with Gasteiger partial charge in [-0.2, -0.15) is 0 Å². The molecule has 0 bridgehead atoms.